The van der Waals surface area contributed by atoms with Gasteiger partial charge in [0.25, 0.3) is 5.91 Å². The van der Waals surface area contributed by atoms with E-state index < -0.39 is 0 Å². The lowest BCUT2D eigenvalue weighted by molar-refractivity contribution is 0.0790. The first kappa shape index (κ1) is 21.8. The van der Waals surface area contributed by atoms with E-state index in [-0.39, 0.29) is 12.0 Å². The molecule has 0 N–H and O–H groups in total. The molecule has 0 spiro atoms. The minimum atomic E-state index is -0.0203. The topological polar surface area (TPSA) is 32.8 Å². The summed E-state index contributed by atoms with van der Waals surface area (Å²) in [5, 5.41) is 0. The van der Waals surface area contributed by atoms with Crippen molar-refractivity contribution >= 4 is 5.91 Å². The zero-order chi connectivity index (χ0) is 21.2. The van der Waals surface area contributed by atoms with E-state index in [0.29, 0.717) is 18.7 Å². The highest BCUT2D eigenvalue weighted by Gasteiger charge is 2.20. The van der Waals surface area contributed by atoms with Crippen molar-refractivity contribution in [3.05, 3.63) is 91.0 Å². The highest BCUT2D eigenvalue weighted by Crippen LogP contribution is 2.20. The minimum Gasteiger partial charge on any atom is -0.490 e. The molecule has 0 radical (unpaired) electrons. The van der Waals surface area contributed by atoms with Gasteiger partial charge in [0.15, 0.2) is 0 Å². The molecule has 1 saturated heterocycles. The van der Waals surface area contributed by atoms with Gasteiger partial charge in [-0.1, -0.05) is 42.5 Å². The molecule has 1 aliphatic heterocycles. The summed E-state index contributed by atoms with van der Waals surface area (Å²) in [6.07, 6.45) is 6.84. The van der Waals surface area contributed by atoms with Crippen LogP contribution in [0.4, 0.5) is 0 Å². The van der Waals surface area contributed by atoms with E-state index in [9.17, 15) is 4.79 Å². The number of hydrogen-bond donors (Lipinski definition) is 0. The lowest BCUT2D eigenvalue weighted by atomic mass is 10.1. The van der Waals surface area contributed by atoms with Gasteiger partial charge in [0.05, 0.1) is 0 Å². The van der Waals surface area contributed by atoms with Crippen molar-refractivity contribution < 1.29 is 9.53 Å². The highest BCUT2D eigenvalue weighted by atomic mass is 16.5. The molecule has 0 atom stereocenters. The monoisotopic (exact) mass is 404 g/mol. The third kappa shape index (κ3) is 6.33. The Balaban J connectivity index is 1.45. The van der Waals surface area contributed by atoms with Crippen molar-refractivity contribution in [3.8, 4) is 5.75 Å². The molecule has 1 aliphatic rings. The van der Waals surface area contributed by atoms with Gasteiger partial charge in [-0.3, -0.25) is 4.79 Å². The lowest BCUT2D eigenvalue weighted by Crippen LogP contribution is -2.39. The van der Waals surface area contributed by atoms with Crippen LogP contribution >= 0.6 is 0 Å². The highest BCUT2D eigenvalue weighted by molar-refractivity contribution is 5.94. The first-order valence-electron chi connectivity index (χ1n) is 10.7. The molecule has 0 aliphatic carbocycles. The molecule has 158 valence electrons. The van der Waals surface area contributed by atoms with Gasteiger partial charge in [0, 0.05) is 38.3 Å². The molecule has 1 amide bonds. The third-order valence-electron chi connectivity index (χ3n) is 5.48. The fourth-order valence-electron chi connectivity index (χ4n) is 3.79. The van der Waals surface area contributed by atoms with Crippen LogP contribution in [0.5, 0.6) is 5.75 Å². The summed E-state index contributed by atoms with van der Waals surface area (Å²) < 4.78 is 6.17. The molecule has 0 unspecified atom stereocenters. The number of ether oxygens (including phenoxy) is 1. The van der Waals surface area contributed by atoms with Crippen molar-refractivity contribution in [1.82, 2.24) is 9.80 Å². The van der Waals surface area contributed by atoms with Crippen molar-refractivity contribution in [2.24, 2.45) is 0 Å². The smallest absolute Gasteiger partial charge is 0.254 e. The third-order valence-corrected chi connectivity index (χ3v) is 5.48. The molecule has 0 bridgehead atoms. The molecule has 0 saturated carbocycles. The Morgan fingerprint density at radius 3 is 2.23 bits per heavy atom. The SMILES string of the molecule is C=CCN(CC=C)C(=O)c1ccc(OC2CCN(CCc3ccccc3)CC2)cc1. The zero-order valence-electron chi connectivity index (χ0n) is 17.7. The van der Waals surface area contributed by atoms with Crippen LogP contribution in [0, 0.1) is 0 Å². The van der Waals surface area contributed by atoms with Crippen LogP contribution in [0.25, 0.3) is 0 Å². The van der Waals surface area contributed by atoms with Gasteiger partial charge in [-0.15, -0.1) is 13.2 Å². The summed E-state index contributed by atoms with van der Waals surface area (Å²) in [6.45, 7) is 11.7. The van der Waals surface area contributed by atoms with E-state index in [0.717, 1.165) is 44.6 Å². The van der Waals surface area contributed by atoms with Crippen molar-refractivity contribution in [2.45, 2.75) is 25.4 Å². The van der Waals surface area contributed by atoms with Gasteiger partial charge in [-0.05, 0) is 49.1 Å². The van der Waals surface area contributed by atoms with Gasteiger partial charge in [0.1, 0.15) is 11.9 Å². The Kier molecular flexibility index (Phi) is 8.28. The second kappa shape index (κ2) is 11.4. The summed E-state index contributed by atoms with van der Waals surface area (Å²) >= 11 is 0. The summed E-state index contributed by atoms with van der Waals surface area (Å²) in [5.74, 6) is 0.807. The van der Waals surface area contributed by atoms with Gasteiger partial charge in [-0.2, -0.15) is 0 Å². The minimum absolute atomic E-state index is 0.0203. The average Bonchev–Trinajstić information content (AvgIpc) is 2.79. The first-order chi connectivity index (χ1) is 14.7. The number of carbonyl (C=O) groups excluding carboxylic acids is 1. The summed E-state index contributed by atoms with van der Waals surface area (Å²) in [4.78, 5) is 16.8. The number of likely N-dealkylation sites (tertiary alicyclic amines) is 1. The van der Waals surface area contributed by atoms with Crippen LogP contribution < -0.4 is 4.74 Å². The number of carbonyl (C=O) groups is 1. The second-order valence-corrected chi connectivity index (χ2v) is 7.71. The molecule has 2 aromatic carbocycles. The second-order valence-electron chi connectivity index (χ2n) is 7.71. The fourth-order valence-corrected chi connectivity index (χ4v) is 3.79. The molecular formula is C26H32N2O2. The van der Waals surface area contributed by atoms with Gasteiger partial charge in [-0.25, -0.2) is 0 Å². The Labute approximate surface area is 180 Å². The van der Waals surface area contributed by atoms with E-state index >= 15 is 0 Å². The maximum atomic E-state index is 12.6. The first-order valence-corrected chi connectivity index (χ1v) is 10.7. The molecule has 2 aromatic rings. The van der Waals surface area contributed by atoms with E-state index in [2.05, 4.69) is 48.4 Å². The normalized spacial score (nSPS) is 14.8. The summed E-state index contributed by atoms with van der Waals surface area (Å²) in [6, 6.07) is 18.1. The number of rotatable bonds is 10. The van der Waals surface area contributed by atoms with E-state index in [1.54, 1.807) is 17.1 Å². The standard InChI is InChI=1S/C26H32N2O2/c1-3-17-28(18-4-2)26(29)23-10-12-24(13-11-23)30-25-15-20-27(21-16-25)19-14-22-8-6-5-7-9-22/h3-13,25H,1-2,14-21H2. The molecule has 3 rings (SSSR count). The molecule has 4 nitrogen and oxygen atoms in total. The van der Waals surface area contributed by atoms with Gasteiger partial charge >= 0.3 is 0 Å². The predicted molar refractivity (Wildman–Crippen MR) is 123 cm³/mol. The fraction of sp³-hybridized carbons (Fsp3) is 0.346. The maximum absolute atomic E-state index is 12.6. The number of hydrogen-bond acceptors (Lipinski definition) is 3. The van der Waals surface area contributed by atoms with Crippen LogP contribution in [0.2, 0.25) is 0 Å². The Hall–Kier alpha value is -2.85. The zero-order valence-corrected chi connectivity index (χ0v) is 17.7. The predicted octanol–water partition coefficient (Wildman–Crippen LogP) is 4.59. The summed E-state index contributed by atoms with van der Waals surface area (Å²) in [5.41, 5.74) is 2.05. The van der Waals surface area contributed by atoms with Gasteiger partial charge in [0.2, 0.25) is 0 Å². The van der Waals surface area contributed by atoms with Crippen molar-refractivity contribution in [1.29, 1.82) is 0 Å². The van der Waals surface area contributed by atoms with E-state index in [1.165, 1.54) is 5.56 Å². The number of benzene rings is 2. The van der Waals surface area contributed by atoms with Gasteiger partial charge < -0.3 is 14.5 Å². The molecule has 1 heterocycles. The largest absolute Gasteiger partial charge is 0.490 e. The number of piperidine rings is 1. The van der Waals surface area contributed by atoms with Crippen molar-refractivity contribution in [2.75, 3.05) is 32.7 Å². The Morgan fingerprint density at radius 1 is 1.00 bits per heavy atom. The lowest BCUT2D eigenvalue weighted by Gasteiger charge is -2.32. The Morgan fingerprint density at radius 2 is 1.63 bits per heavy atom. The van der Waals surface area contributed by atoms with Crippen LogP contribution in [0.15, 0.2) is 79.9 Å². The Bertz CT molecular complexity index is 799. The van der Waals surface area contributed by atoms with E-state index in [4.69, 9.17) is 4.74 Å². The number of nitrogens with zero attached hydrogens (tertiary/aromatic N) is 2. The molecule has 0 aromatic heterocycles. The van der Waals surface area contributed by atoms with Crippen LogP contribution in [0.3, 0.4) is 0 Å². The van der Waals surface area contributed by atoms with Crippen LogP contribution in [-0.2, 0) is 6.42 Å². The van der Waals surface area contributed by atoms with E-state index in [1.807, 2.05) is 24.3 Å². The van der Waals surface area contributed by atoms with Crippen LogP contribution in [0.1, 0.15) is 28.8 Å². The van der Waals surface area contributed by atoms with Crippen LogP contribution in [-0.4, -0.2) is 54.5 Å². The molecule has 30 heavy (non-hydrogen) atoms. The van der Waals surface area contributed by atoms with Crippen molar-refractivity contribution in [3.63, 3.8) is 0 Å². The maximum Gasteiger partial charge on any atom is 0.254 e. The molecular weight excluding hydrogens is 372 g/mol. The quantitative estimate of drug-likeness (QED) is 0.543. The summed E-state index contributed by atoms with van der Waals surface area (Å²) in [7, 11) is 0. The molecule has 1 fully saturated rings. The number of amides is 1. The molecule has 4 heteroatoms. The average molecular weight is 405 g/mol.